The van der Waals surface area contributed by atoms with Gasteiger partial charge in [-0.05, 0) is 30.3 Å². The van der Waals surface area contributed by atoms with Crippen LogP contribution in [0, 0.1) is 0 Å². The third-order valence-electron chi connectivity index (χ3n) is 5.36. The first kappa shape index (κ1) is 22.9. The molecule has 1 aromatic heterocycles. The van der Waals surface area contributed by atoms with Gasteiger partial charge in [0.05, 0.1) is 18.5 Å². The second-order valence-electron chi connectivity index (χ2n) is 7.38. The summed E-state index contributed by atoms with van der Waals surface area (Å²) < 4.78 is 11.4. The van der Waals surface area contributed by atoms with Gasteiger partial charge in [-0.3, -0.25) is 10.00 Å². The quantitative estimate of drug-likeness (QED) is 0.556. The number of aliphatic hydroxyl groups is 1. The summed E-state index contributed by atoms with van der Waals surface area (Å²) in [5.74, 6) is 1.62. The topological polar surface area (TPSA) is 73.8 Å². The maximum atomic E-state index is 10.5. The van der Waals surface area contributed by atoms with Crippen LogP contribution in [0.2, 0.25) is 0 Å². The number of hydrogen-bond acceptors (Lipinski definition) is 6. The molecule has 8 heteroatoms. The van der Waals surface area contributed by atoms with E-state index in [-0.39, 0.29) is 19.0 Å². The van der Waals surface area contributed by atoms with Crippen molar-refractivity contribution in [2.75, 3.05) is 51.3 Å². The molecule has 1 atom stereocenters. The molecule has 0 radical (unpaired) electrons. The zero-order valence-electron chi connectivity index (χ0n) is 17.6. The molecule has 4 rings (SSSR count). The van der Waals surface area contributed by atoms with E-state index in [0.29, 0.717) is 6.54 Å². The average molecular weight is 445 g/mol. The molecule has 166 valence electrons. The van der Waals surface area contributed by atoms with Crippen molar-refractivity contribution in [3.63, 3.8) is 0 Å². The number of ether oxygens (including phenoxy) is 2. The maximum absolute atomic E-state index is 10.5. The monoisotopic (exact) mass is 444 g/mol. The van der Waals surface area contributed by atoms with Gasteiger partial charge in [-0.15, -0.1) is 12.4 Å². The third kappa shape index (κ3) is 5.70. The number of rotatable bonds is 8. The molecular weight excluding hydrogens is 416 g/mol. The van der Waals surface area contributed by atoms with Crippen LogP contribution >= 0.6 is 12.4 Å². The van der Waals surface area contributed by atoms with E-state index in [1.165, 1.54) is 0 Å². The number of aromatic amines is 1. The van der Waals surface area contributed by atoms with E-state index in [2.05, 4.69) is 26.1 Å². The summed E-state index contributed by atoms with van der Waals surface area (Å²) in [6, 6.07) is 17.8. The predicted molar refractivity (Wildman–Crippen MR) is 124 cm³/mol. The Labute approximate surface area is 189 Å². The molecule has 1 aliphatic heterocycles. The van der Waals surface area contributed by atoms with Gasteiger partial charge in [0, 0.05) is 44.5 Å². The van der Waals surface area contributed by atoms with E-state index >= 15 is 0 Å². The number of halogens is 1. The van der Waals surface area contributed by atoms with E-state index < -0.39 is 6.10 Å². The fourth-order valence-electron chi connectivity index (χ4n) is 3.81. The number of benzene rings is 2. The number of nitrogens with zero attached hydrogens (tertiary/aromatic N) is 3. The standard InChI is InChI=1S/C23H28N4O3.ClH/c1-29-23-9-5-3-7-21(23)27-14-12-26(13-15-27)16-18(28)17-30-22-8-4-2-6-19(22)20-10-11-24-25-20;/h2-11,18,28H,12-17H2,1H3,(H,24,25);1H. The summed E-state index contributed by atoms with van der Waals surface area (Å²) in [4.78, 5) is 4.61. The van der Waals surface area contributed by atoms with Gasteiger partial charge in [-0.25, -0.2) is 0 Å². The number of nitrogens with one attached hydrogen (secondary N) is 1. The first-order valence-electron chi connectivity index (χ1n) is 10.2. The molecule has 0 spiro atoms. The molecule has 0 bridgehead atoms. The van der Waals surface area contributed by atoms with E-state index in [9.17, 15) is 5.11 Å². The molecular formula is C23H29ClN4O3. The number of H-pyrrole nitrogens is 1. The predicted octanol–water partition coefficient (Wildman–Crippen LogP) is 3.07. The van der Waals surface area contributed by atoms with Crippen molar-refractivity contribution in [3.05, 3.63) is 60.8 Å². The van der Waals surface area contributed by atoms with Gasteiger partial charge in [0.25, 0.3) is 0 Å². The van der Waals surface area contributed by atoms with Gasteiger partial charge in [0.1, 0.15) is 24.2 Å². The van der Waals surface area contributed by atoms with Crippen LogP contribution in [-0.2, 0) is 0 Å². The summed E-state index contributed by atoms with van der Waals surface area (Å²) in [6.45, 7) is 4.41. The van der Waals surface area contributed by atoms with Gasteiger partial charge >= 0.3 is 0 Å². The van der Waals surface area contributed by atoms with Gasteiger partial charge in [-0.2, -0.15) is 5.10 Å². The summed E-state index contributed by atoms with van der Waals surface area (Å²) in [5.41, 5.74) is 2.86. The van der Waals surface area contributed by atoms with Gasteiger partial charge in [-0.1, -0.05) is 24.3 Å². The molecule has 1 unspecified atom stereocenters. The van der Waals surface area contributed by atoms with Crippen LogP contribution in [0.15, 0.2) is 60.8 Å². The number of anilines is 1. The zero-order valence-corrected chi connectivity index (χ0v) is 18.4. The van der Waals surface area contributed by atoms with Crippen LogP contribution in [0.1, 0.15) is 0 Å². The molecule has 1 aliphatic rings. The van der Waals surface area contributed by atoms with Gasteiger partial charge in [0.15, 0.2) is 0 Å². The summed E-state index contributed by atoms with van der Waals surface area (Å²) in [5, 5.41) is 17.6. The molecule has 0 aliphatic carbocycles. The van der Waals surface area contributed by atoms with Gasteiger partial charge in [0.2, 0.25) is 0 Å². The first-order valence-corrected chi connectivity index (χ1v) is 10.2. The number of β-amino-alcohol motifs (C(OH)–C–C–N with tert-alkyl or cyclic N) is 1. The SMILES string of the molecule is COc1ccccc1N1CCN(CC(O)COc2ccccc2-c2cc[nH]n2)CC1.Cl. The number of aliphatic hydroxyl groups excluding tert-OH is 1. The van der Waals surface area contributed by atoms with Crippen LogP contribution in [0.4, 0.5) is 5.69 Å². The molecule has 2 heterocycles. The molecule has 0 saturated carbocycles. The Morgan fingerprint density at radius 1 is 1.00 bits per heavy atom. The third-order valence-corrected chi connectivity index (χ3v) is 5.36. The maximum Gasteiger partial charge on any atom is 0.142 e. The van der Waals surface area contributed by atoms with E-state index in [4.69, 9.17) is 9.47 Å². The number of methoxy groups -OCH3 is 1. The summed E-state index contributed by atoms with van der Waals surface area (Å²) in [6.07, 6.45) is 1.22. The largest absolute Gasteiger partial charge is 0.495 e. The number of para-hydroxylation sites is 3. The van der Waals surface area contributed by atoms with E-state index in [0.717, 1.165) is 54.6 Å². The lowest BCUT2D eigenvalue weighted by molar-refractivity contribution is 0.0664. The van der Waals surface area contributed by atoms with Crippen molar-refractivity contribution < 1.29 is 14.6 Å². The minimum atomic E-state index is -0.560. The van der Waals surface area contributed by atoms with Crippen LogP contribution < -0.4 is 14.4 Å². The molecule has 7 nitrogen and oxygen atoms in total. The molecule has 3 aromatic rings. The first-order chi connectivity index (χ1) is 14.7. The van der Waals surface area contributed by atoms with Crippen molar-refractivity contribution in [1.29, 1.82) is 0 Å². The molecule has 2 aromatic carbocycles. The fraction of sp³-hybridized carbons (Fsp3) is 0.348. The van der Waals surface area contributed by atoms with Crippen molar-refractivity contribution >= 4 is 18.1 Å². The highest BCUT2D eigenvalue weighted by Crippen LogP contribution is 2.29. The van der Waals surface area contributed by atoms with Crippen molar-refractivity contribution in [2.45, 2.75) is 6.10 Å². The number of aromatic nitrogens is 2. The van der Waals surface area contributed by atoms with Crippen molar-refractivity contribution in [1.82, 2.24) is 15.1 Å². The van der Waals surface area contributed by atoms with Gasteiger partial charge < -0.3 is 19.5 Å². The van der Waals surface area contributed by atoms with Crippen molar-refractivity contribution in [3.8, 4) is 22.8 Å². The molecule has 2 N–H and O–H groups in total. The lowest BCUT2D eigenvalue weighted by atomic mass is 10.1. The number of piperazine rings is 1. The van der Waals surface area contributed by atoms with Crippen LogP contribution in [0.5, 0.6) is 11.5 Å². The summed E-state index contributed by atoms with van der Waals surface area (Å²) >= 11 is 0. The molecule has 31 heavy (non-hydrogen) atoms. The molecule has 0 amide bonds. The second-order valence-corrected chi connectivity index (χ2v) is 7.38. The molecule has 1 fully saturated rings. The fourth-order valence-corrected chi connectivity index (χ4v) is 3.81. The normalized spacial score (nSPS) is 15.2. The highest BCUT2D eigenvalue weighted by Gasteiger charge is 2.21. The Bertz CT molecular complexity index is 930. The highest BCUT2D eigenvalue weighted by molar-refractivity contribution is 5.85. The van der Waals surface area contributed by atoms with Crippen LogP contribution in [-0.4, -0.2) is 72.7 Å². The van der Waals surface area contributed by atoms with E-state index in [1.54, 1.807) is 13.3 Å². The summed E-state index contributed by atoms with van der Waals surface area (Å²) in [7, 11) is 1.70. The Morgan fingerprint density at radius 3 is 2.42 bits per heavy atom. The Kier molecular flexibility index (Phi) is 8.17. The minimum absolute atomic E-state index is 0. The van der Waals surface area contributed by atoms with E-state index in [1.807, 2.05) is 48.5 Å². The average Bonchev–Trinajstić information content (AvgIpc) is 3.33. The van der Waals surface area contributed by atoms with Crippen LogP contribution in [0.3, 0.4) is 0 Å². The Balaban J connectivity index is 0.00000272. The minimum Gasteiger partial charge on any atom is -0.495 e. The Morgan fingerprint density at radius 2 is 1.71 bits per heavy atom. The number of hydrogen-bond donors (Lipinski definition) is 2. The Hall–Kier alpha value is -2.74. The smallest absolute Gasteiger partial charge is 0.142 e. The van der Waals surface area contributed by atoms with Crippen molar-refractivity contribution in [2.24, 2.45) is 0 Å². The zero-order chi connectivity index (χ0) is 20.8. The second kappa shape index (κ2) is 11.0. The lowest BCUT2D eigenvalue weighted by Crippen LogP contribution is -2.49. The lowest BCUT2D eigenvalue weighted by Gasteiger charge is -2.37. The highest BCUT2D eigenvalue weighted by atomic mass is 35.5. The van der Waals surface area contributed by atoms with Crippen LogP contribution in [0.25, 0.3) is 11.3 Å². The molecule has 1 saturated heterocycles.